The van der Waals surface area contributed by atoms with E-state index in [0.29, 0.717) is 4.60 Å². The first-order chi connectivity index (χ1) is 7.20. The van der Waals surface area contributed by atoms with Crippen molar-refractivity contribution < 1.29 is 5.11 Å². The van der Waals surface area contributed by atoms with Gasteiger partial charge in [0, 0.05) is 7.05 Å². The zero-order valence-electron chi connectivity index (χ0n) is 8.60. The van der Waals surface area contributed by atoms with Crippen LogP contribution in [-0.2, 0) is 7.05 Å². The summed E-state index contributed by atoms with van der Waals surface area (Å²) < 4.78 is 2.28. The molecule has 1 aliphatic rings. The van der Waals surface area contributed by atoms with Crippen LogP contribution in [0.3, 0.4) is 0 Å². The molecule has 5 heteroatoms. The van der Waals surface area contributed by atoms with Crippen molar-refractivity contribution in [3.05, 3.63) is 22.4 Å². The summed E-state index contributed by atoms with van der Waals surface area (Å²) in [4.78, 5) is 0. The number of aliphatic hydroxyl groups excluding tert-OH is 1. The highest BCUT2D eigenvalue weighted by Crippen LogP contribution is 2.33. The molecule has 2 rings (SSSR count). The Balaban J connectivity index is 2.19. The first-order valence-electron chi connectivity index (χ1n) is 5.08. The minimum absolute atomic E-state index is 0.281. The van der Waals surface area contributed by atoms with E-state index in [4.69, 9.17) is 0 Å². The molecule has 2 unspecified atom stereocenters. The fraction of sp³-hybridized carbons (Fsp3) is 0.600. The van der Waals surface area contributed by atoms with Crippen LogP contribution in [0.15, 0.2) is 16.8 Å². The Bertz CT molecular complexity index is 355. The van der Waals surface area contributed by atoms with E-state index in [1.165, 1.54) is 0 Å². The summed E-state index contributed by atoms with van der Waals surface area (Å²) in [5.74, 6) is 0.281. The lowest BCUT2D eigenvalue weighted by molar-refractivity contribution is 0.0939. The van der Waals surface area contributed by atoms with E-state index < -0.39 is 6.10 Å². The van der Waals surface area contributed by atoms with Crippen LogP contribution in [0.5, 0.6) is 0 Å². The van der Waals surface area contributed by atoms with Crippen molar-refractivity contribution in [1.82, 2.24) is 15.0 Å². The van der Waals surface area contributed by atoms with Gasteiger partial charge in [0.2, 0.25) is 0 Å². The van der Waals surface area contributed by atoms with Gasteiger partial charge in [-0.25, -0.2) is 4.68 Å². The van der Waals surface area contributed by atoms with Crippen molar-refractivity contribution >= 4 is 15.9 Å². The molecule has 1 aliphatic carbocycles. The second-order valence-corrected chi connectivity index (χ2v) is 4.63. The van der Waals surface area contributed by atoms with E-state index in [0.717, 1.165) is 25.0 Å². The average Bonchev–Trinajstić information content (AvgIpc) is 2.59. The van der Waals surface area contributed by atoms with Crippen molar-refractivity contribution in [3.8, 4) is 0 Å². The van der Waals surface area contributed by atoms with Gasteiger partial charge in [-0.15, -0.1) is 5.10 Å². The minimum Gasteiger partial charge on any atom is -0.386 e. The van der Waals surface area contributed by atoms with Gasteiger partial charge >= 0.3 is 0 Å². The second-order valence-electron chi connectivity index (χ2n) is 3.88. The van der Waals surface area contributed by atoms with Gasteiger partial charge in [0.25, 0.3) is 0 Å². The van der Waals surface area contributed by atoms with Gasteiger partial charge in [-0.3, -0.25) is 0 Å². The lowest BCUT2D eigenvalue weighted by atomic mass is 9.88. The molecular formula is C10H14BrN3O. The molecule has 0 bridgehead atoms. The lowest BCUT2D eigenvalue weighted by Gasteiger charge is -2.23. The molecule has 1 N–H and O–H groups in total. The Morgan fingerprint density at radius 2 is 2.40 bits per heavy atom. The van der Waals surface area contributed by atoms with Crippen LogP contribution in [0.2, 0.25) is 0 Å². The molecule has 0 radical (unpaired) electrons. The van der Waals surface area contributed by atoms with Gasteiger partial charge in [0.15, 0.2) is 4.60 Å². The van der Waals surface area contributed by atoms with E-state index >= 15 is 0 Å². The monoisotopic (exact) mass is 271 g/mol. The molecule has 4 nitrogen and oxygen atoms in total. The number of aryl methyl sites for hydroxylation is 1. The number of halogens is 1. The highest BCUT2D eigenvalue weighted by molar-refractivity contribution is 9.10. The van der Waals surface area contributed by atoms with Crippen LogP contribution in [0, 0.1) is 5.92 Å². The third kappa shape index (κ3) is 2.13. The van der Waals surface area contributed by atoms with E-state index in [2.05, 4.69) is 38.4 Å². The summed E-state index contributed by atoms with van der Waals surface area (Å²) in [5.41, 5.74) is 0.773. The van der Waals surface area contributed by atoms with Gasteiger partial charge in [0.1, 0.15) is 11.8 Å². The molecule has 15 heavy (non-hydrogen) atoms. The number of rotatable bonds is 2. The summed E-state index contributed by atoms with van der Waals surface area (Å²) in [6.07, 6.45) is 6.82. The molecule has 0 saturated heterocycles. The second kappa shape index (κ2) is 4.45. The van der Waals surface area contributed by atoms with Crippen LogP contribution >= 0.6 is 15.9 Å². The topological polar surface area (TPSA) is 50.9 Å². The number of nitrogens with zero attached hydrogens (tertiary/aromatic N) is 3. The summed E-state index contributed by atoms with van der Waals surface area (Å²) in [6.45, 7) is 0. The van der Waals surface area contributed by atoms with Gasteiger partial charge in [0.05, 0.1) is 0 Å². The summed E-state index contributed by atoms with van der Waals surface area (Å²) >= 11 is 3.31. The third-order valence-corrected chi connectivity index (χ3v) is 3.43. The highest BCUT2D eigenvalue weighted by atomic mass is 79.9. The molecule has 82 valence electrons. The molecule has 1 heterocycles. The van der Waals surface area contributed by atoms with Gasteiger partial charge in [-0.2, -0.15) is 0 Å². The zero-order chi connectivity index (χ0) is 10.8. The van der Waals surface area contributed by atoms with Crippen LogP contribution in [0.1, 0.15) is 31.1 Å². The van der Waals surface area contributed by atoms with Crippen LogP contribution < -0.4 is 0 Å². The maximum atomic E-state index is 10.2. The Labute approximate surface area is 97.1 Å². The zero-order valence-corrected chi connectivity index (χ0v) is 10.2. The first-order valence-corrected chi connectivity index (χ1v) is 5.87. The largest absolute Gasteiger partial charge is 0.386 e. The molecule has 0 aromatic carbocycles. The predicted octanol–water partition coefficient (Wildman–Crippen LogP) is 1.97. The van der Waals surface area contributed by atoms with Crippen molar-refractivity contribution in [2.45, 2.75) is 25.4 Å². The van der Waals surface area contributed by atoms with Crippen molar-refractivity contribution in [3.63, 3.8) is 0 Å². The smallest absolute Gasteiger partial charge is 0.154 e. The molecule has 1 aromatic heterocycles. The van der Waals surface area contributed by atoms with E-state index in [9.17, 15) is 5.11 Å². The van der Waals surface area contributed by atoms with Gasteiger partial charge < -0.3 is 5.11 Å². The first kappa shape index (κ1) is 10.8. The summed E-state index contributed by atoms with van der Waals surface area (Å²) in [6, 6.07) is 0. The number of aromatic nitrogens is 3. The van der Waals surface area contributed by atoms with Crippen molar-refractivity contribution in [1.29, 1.82) is 0 Å². The normalized spacial score (nSPS) is 23.0. The fourth-order valence-electron chi connectivity index (χ4n) is 1.98. The number of allylic oxidation sites excluding steroid dienone is 2. The molecule has 0 spiro atoms. The highest BCUT2D eigenvalue weighted by Gasteiger charge is 2.26. The van der Waals surface area contributed by atoms with Crippen LogP contribution in [-0.4, -0.2) is 20.1 Å². The minimum atomic E-state index is -0.482. The van der Waals surface area contributed by atoms with Crippen molar-refractivity contribution in [2.75, 3.05) is 0 Å². The Morgan fingerprint density at radius 1 is 1.60 bits per heavy atom. The maximum absolute atomic E-state index is 10.2. The lowest BCUT2D eigenvalue weighted by Crippen LogP contribution is -2.17. The predicted molar refractivity (Wildman–Crippen MR) is 60.1 cm³/mol. The van der Waals surface area contributed by atoms with Gasteiger partial charge in [-0.05, 0) is 41.1 Å². The van der Waals surface area contributed by atoms with E-state index in [1.807, 2.05) is 0 Å². The standard InChI is InChI=1S/C10H14BrN3O/c1-14-8(10(11)12-13-14)9(15)7-5-3-2-4-6-7/h2-3,7,9,15H,4-6H2,1H3. The number of hydrogen-bond acceptors (Lipinski definition) is 3. The Kier molecular flexibility index (Phi) is 3.21. The molecule has 2 atom stereocenters. The number of hydrogen-bond donors (Lipinski definition) is 1. The fourth-order valence-corrected chi connectivity index (χ4v) is 2.54. The Morgan fingerprint density at radius 3 is 2.93 bits per heavy atom. The van der Waals surface area contributed by atoms with Gasteiger partial charge in [-0.1, -0.05) is 17.4 Å². The molecule has 1 aromatic rings. The van der Waals surface area contributed by atoms with Crippen LogP contribution in [0.25, 0.3) is 0 Å². The average molecular weight is 272 g/mol. The SMILES string of the molecule is Cn1nnc(Br)c1C(O)C1CC=CCC1. The van der Waals surface area contributed by atoms with E-state index in [1.54, 1.807) is 11.7 Å². The third-order valence-electron chi connectivity index (χ3n) is 2.86. The summed E-state index contributed by atoms with van der Waals surface area (Å²) in [5, 5.41) is 18.0. The molecular weight excluding hydrogens is 258 g/mol. The number of aliphatic hydroxyl groups is 1. The Hall–Kier alpha value is -0.680. The summed E-state index contributed by atoms with van der Waals surface area (Å²) in [7, 11) is 1.80. The van der Waals surface area contributed by atoms with Crippen LogP contribution in [0.4, 0.5) is 0 Å². The molecule has 0 amide bonds. The van der Waals surface area contributed by atoms with Crippen molar-refractivity contribution in [2.24, 2.45) is 13.0 Å². The molecule has 0 fully saturated rings. The quantitative estimate of drug-likeness (QED) is 0.837. The van der Waals surface area contributed by atoms with E-state index in [-0.39, 0.29) is 5.92 Å². The maximum Gasteiger partial charge on any atom is 0.154 e. The molecule has 0 saturated carbocycles. The molecule has 0 aliphatic heterocycles.